The van der Waals surface area contributed by atoms with Crippen LogP contribution in [0.2, 0.25) is 0 Å². The van der Waals surface area contributed by atoms with Crippen LogP contribution in [0.1, 0.15) is 48.2 Å². The largest absolute Gasteiger partial charge is 0.357 e. The smallest absolute Gasteiger partial charge is 0.191 e. The molecule has 0 radical (unpaired) electrons. The number of hydrogen-bond acceptors (Lipinski definition) is 3. The molecule has 0 saturated carbocycles. The highest BCUT2D eigenvalue weighted by atomic mass is 127. The maximum Gasteiger partial charge on any atom is 0.191 e. The molecule has 0 unspecified atom stereocenters. The van der Waals surface area contributed by atoms with Crippen LogP contribution in [0.15, 0.2) is 16.6 Å². The molecule has 2 rings (SSSR count). The number of halogens is 1. The molecule has 1 aromatic rings. The zero-order valence-corrected chi connectivity index (χ0v) is 17.6. The van der Waals surface area contributed by atoms with Gasteiger partial charge >= 0.3 is 0 Å². The first-order chi connectivity index (χ1) is 10.7. The molecule has 0 aliphatic heterocycles. The van der Waals surface area contributed by atoms with E-state index in [-0.39, 0.29) is 24.0 Å². The van der Waals surface area contributed by atoms with Crippen LogP contribution in [-0.2, 0) is 6.42 Å². The molecule has 4 nitrogen and oxygen atoms in total. The summed E-state index contributed by atoms with van der Waals surface area (Å²) in [5.74, 6) is 0.922. The minimum Gasteiger partial charge on any atom is -0.357 e. The van der Waals surface area contributed by atoms with Gasteiger partial charge in [0.15, 0.2) is 5.96 Å². The lowest BCUT2D eigenvalue weighted by Crippen LogP contribution is -2.38. The minimum atomic E-state index is 0. The number of aliphatic imine (C=N–C) groups is 1. The molecule has 0 fully saturated rings. The zero-order chi connectivity index (χ0) is 15.8. The zero-order valence-electron chi connectivity index (χ0n) is 14.4. The first kappa shape index (κ1) is 20.4. The van der Waals surface area contributed by atoms with Crippen molar-refractivity contribution in [3.63, 3.8) is 0 Å². The number of guanidine groups is 1. The monoisotopic (exact) mass is 448 g/mol. The Balaban J connectivity index is 0.00000264. The van der Waals surface area contributed by atoms with Gasteiger partial charge < -0.3 is 10.6 Å². The van der Waals surface area contributed by atoms with E-state index >= 15 is 0 Å². The fraction of sp³-hybridized carbons (Fsp3) is 0.647. The molecule has 0 bridgehead atoms. The van der Waals surface area contributed by atoms with Crippen molar-refractivity contribution in [3.8, 4) is 0 Å². The number of nitrogens with one attached hydrogen (secondary N) is 2. The lowest BCUT2D eigenvalue weighted by Gasteiger charge is -2.11. The summed E-state index contributed by atoms with van der Waals surface area (Å²) in [4.78, 5) is 10.5. The number of nitrogens with zero attached hydrogens (tertiary/aromatic N) is 2. The number of thiazole rings is 1. The Kier molecular flexibility index (Phi) is 9.78. The molecule has 23 heavy (non-hydrogen) atoms. The predicted molar refractivity (Wildman–Crippen MR) is 111 cm³/mol. The summed E-state index contributed by atoms with van der Waals surface area (Å²) < 4.78 is 0. The van der Waals surface area contributed by atoms with Gasteiger partial charge in [-0.05, 0) is 46.5 Å². The van der Waals surface area contributed by atoms with Gasteiger partial charge in [-0.2, -0.15) is 0 Å². The number of rotatable bonds is 7. The van der Waals surface area contributed by atoms with Crippen LogP contribution in [-0.4, -0.2) is 30.6 Å². The molecule has 0 saturated heterocycles. The highest BCUT2D eigenvalue weighted by Crippen LogP contribution is 2.19. The van der Waals surface area contributed by atoms with Crippen molar-refractivity contribution in [1.82, 2.24) is 15.6 Å². The van der Waals surface area contributed by atoms with Crippen molar-refractivity contribution in [2.75, 3.05) is 19.6 Å². The predicted octanol–water partition coefficient (Wildman–Crippen LogP) is 3.98. The van der Waals surface area contributed by atoms with Crippen LogP contribution in [0, 0.1) is 13.8 Å². The van der Waals surface area contributed by atoms with Gasteiger partial charge in [-0.3, -0.25) is 4.99 Å². The molecule has 1 aliphatic carbocycles. The van der Waals surface area contributed by atoms with E-state index in [4.69, 9.17) is 0 Å². The molecule has 0 amide bonds. The summed E-state index contributed by atoms with van der Waals surface area (Å²) >= 11 is 1.79. The average Bonchev–Trinajstić information content (AvgIpc) is 3.10. The van der Waals surface area contributed by atoms with E-state index in [0.717, 1.165) is 44.1 Å². The van der Waals surface area contributed by atoms with Crippen molar-refractivity contribution >= 4 is 41.3 Å². The lowest BCUT2D eigenvalue weighted by molar-refractivity contribution is 0.773. The van der Waals surface area contributed by atoms with Crippen LogP contribution in [0.5, 0.6) is 0 Å². The summed E-state index contributed by atoms with van der Waals surface area (Å²) in [7, 11) is 0. The fourth-order valence-electron chi connectivity index (χ4n) is 2.56. The van der Waals surface area contributed by atoms with Crippen LogP contribution in [0.25, 0.3) is 0 Å². The highest BCUT2D eigenvalue weighted by Gasteiger charge is 2.05. The van der Waals surface area contributed by atoms with Crippen LogP contribution in [0.4, 0.5) is 0 Å². The molecule has 2 N–H and O–H groups in total. The fourth-order valence-corrected chi connectivity index (χ4v) is 3.48. The molecule has 6 heteroatoms. The van der Waals surface area contributed by atoms with E-state index in [0.29, 0.717) is 0 Å². The third-order valence-corrected chi connectivity index (χ3v) is 5.02. The van der Waals surface area contributed by atoms with E-state index in [2.05, 4.69) is 47.5 Å². The number of aromatic nitrogens is 1. The molecular weight excluding hydrogens is 419 g/mol. The van der Waals surface area contributed by atoms with E-state index in [1.165, 1.54) is 29.1 Å². The van der Waals surface area contributed by atoms with Crippen molar-refractivity contribution in [1.29, 1.82) is 0 Å². The maximum atomic E-state index is 4.65. The molecule has 1 heterocycles. The first-order valence-electron chi connectivity index (χ1n) is 8.32. The normalized spacial score (nSPS) is 14.4. The van der Waals surface area contributed by atoms with Gasteiger partial charge in [-0.15, -0.1) is 35.3 Å². The van der Waals surface area contributed by atoms with Gasteiger partial charge in [0.2, 0.25) is 0 Å². The summed E-state index contributed by atoms with van der Waals surface area (Å²) in [6.07, 6.45) is 8.31. The average molecular weight is 448 g/mol. The highest BCUT2D eigenvalue weighted by molar-refractivity contribution is 14.0. The van der Waals surface area contributed by atoms with Crippen LogP contribution >= 0.6 is 35.3 Å². The number of allylic oxidation sites excluding steroid dienone is 1. The third kappa shape index (κ3) is 7.20. The Labute approximate surface area is 161 Å². The van der Waals surface area contributed by atoms with E-state index < -0.39 is 0 Å². The van der Waals surface area contributed by atoms with Gasteiger partial charge in [-0.25, -0.2) is 4.98 Å². The second-order valence-corrected chi connectivity index (χ2v) is 6.98. The maximum absolute atomic E-state index is 4.65. The van der Waals surface area contributed by atoms with Gasteiger partial charge in [-0.1, -0.05) is 11.6 Å². The Bertz CT molecular complexity index is 517. The minimum absolute atomic E-state index is 0. The third-order valence-electron chi connectivity index (χ3n) is 3.89. The second-order valence-electron chi connectivity index (χ2n) is 5.69. The molecule has 130 valence electrons. The Morgan fingerprint density at radius 1 is 1.30 bits per heavy atom. The first-order valence-corrected chi connectivity index (χ1v) is 9.13. The Morgan fingerprint density at radius 2 is 2.13 bits per heavy atom. The topological polar surface area (TPSA) is 49.3 Å². The van der Waals surface area contributed by atoms with Crippen molar-refractivity contribution in [2.45, 2.75) is 52.9 Å². The summed E-state index contributed by atoms with van der Waals surface area (Å²) in [5, 5.41) is 7.93. The SMILES string of the molecule is CCNC(=NCCc1nc(C)c(C)s1)NCCC1=CCCC1.I. The number of hydrogen-bond donors (Lipinski definition) is 2. The van der Waals surface area contributed by atoms with E-state index in [9.17, 15) is 0 Å². The number of aryl methyl sites for hydroxylation is 2. The summed E-state index contributed by atoms with van der Waals surface area (Å²) in [6.45, 7) is 8.94. The summed E-state index contributed by atoms with van der Waals surface area (Å²) in [5.41, 5.74) is 2.75. The van der Waals surface area contributed by atoms with Crippen molar-refractivity contribution in [3.05, 3.63) is 27.2 Å². The Hall–Kier alpha value is -0.630. The summed E-state index contributed by atoms with van der Waals surface area (Å²) in [6, 6.07) is 0. The van der Waals surface area contributed by atoms with Crippen LogP contribution in [0.3, 0.4) is 0 Å². The lowest BCUT2D eigenvalue weighted by atomic mass is 10.2. The standard InChI is InChI=1S/C17H28N4S.HI/c1-4-18-17(19-11-9-15-7-5-6-8-15)20-12-10-16-21-13(2)14(3)22-16;/h7H,4-6,8-12H2,1-3H3,(H2,18,19,20);1H. The van der Waals surface area contributed by atoms with Gasteiger partial charge in [0.25, 0.3) is 0 Å². The molecule has 0 atom stereocenters. The molecule has 1 aromatic heterocycles. The molecule has 0 aromatic carbocycles. The molecular formula is C17H29IN4S. The molecule has 0 spiro atoms. The van der Waals surface area contributed by atoms with Gasteiger partial charge in [0.1, 0.15) is 0 Å². The Morgan fingerprint density at radius 3 is 2.74 bits per heavy atom. The van der Waals surface area contributed by atoms with E-state index in [1.807, 2.05) is 0 Å². The van der Waals surface area contributed by atoms with Gasteiger partial charge in [0, 0.05) is 30.9 Å². The van der Waals surface area contributed by atoms with Gasteiger partial charge in [0.05, 0.1) is 10.7 Å². The van der Waals surface area contributed by atoms with E-state index in [1.54, 1.807) is 16.9 Å². The van der Waals surface area contributed by atoms with Crippen molar-refractivity contribution in [2.24, 2.45) is 4.99 Å². The quantitative estimate of drug-likeness (QED) is 0.287. The second kappa shape index (κ2) is 11.0. The van der Waals surface area contributed by atoms with Crippen LogP contribution < -0.4 is 10.6 Å². The van der Waals surface area contributed by atoms with Crippen molar-refractivity contribution < 1.29 is 0 Å². The molecule has 1 aliphatic rings.